The number of fused-ring (bicyclic) bond motifs is 1. The molecule has 2 aromatic rings. The first-order chi connectivity index (χ1) is 21.6. The normalized spacial score (nSPS) is 28.2. The fourth-order valence-electron chi connectivity index (χ4n) is 10.8. The summed E-state index contributed by atoms with van der Waals surface area (Å²) in [6, 6.07) is 22.5. The summed E-state index contributed by atoms with van der Waals surface area (Å²) in [5.41, 5.74) is 3.38. The molecule has 0 amide bonds. The Kier molecular flexibility index (Phi) is 12.2. The van der Waals surface area contributed by atoms with Crippen LogP contribution in [-0.2, 0) is 8.85 Å². The van der Waals surface area contributed by atoms with Gasteiger partial charge in [-0.05, 0) is 101 Å². The molecular formula is C42H68O2Si2. The van der Waals surface area contributed by atoms with Gasteiger partial charge in [-0.3, -0.25) is 0 Å². The van der Waals surface area contributed by atoms with Gasteiger partial charge in [0.05, 0.1) is 0 Å². The first-order valence-electron chi connectivity index (χ1n) is 18.7. The van der Waals surface area contributed by atoms with E-state index < -0.39 is 16.6 Å². The molecule has 2 saturated carbocycles. The lowest BCUT2D eigenvalue weighted by Crippen LogP contribution is -2.67. The molecule has 4 heteroatoms. The Morgan fingerprint density at radius 1 is 0.804 bits per heavy atom. The molecule has 46 heavy (non-hydrogen) atoms. The van der Waals surface area contributed by atoms with E-state index in [9.17, 15) is 0 Å². The minimum absolute atomic E-state index is 0.0264. The molecule has 0 N–H and O–H groups in total. The molecule has 0 radical (unpaired) electrons. The summed E-state index contributed by atoms with van der Waals surface area (Å²) in [7, 11) is -4.65. The number of rotatable bonds is 11. The van der Waals surface area contributed by atoms with Crippen LogP contribution in [0.15, 0.2) is 72.3 Å². The Hall–Kier alpha value is -1.47. The molecule has 0 aliphatic heterocycles. The molecule has 4 rings (SSSR count). The largest absolute Gasteiger partial charge is 0.413 e. The van der Waals surface area contributed by atoms with E-state index in [1.165, 1.54) is 29.6 Å². The highest BCUT2D eigenvalue weighted by Crippen LogP contribution is 2.56. The van der Waals surface area contributed by atoms with Crippen LogP contribution in [0.1, 0.15) is 109 Å². The summed E-state index contributed by atoms with van der Waals surface area (Å²) >= 11 is 0. The van der Waals surface area contributed by atoms with Crippen molar-refractivity contribution in [2.45, 2.75) is 137 Å². The molecule has 2 nitrogen and oxygen atoms in total. The zero-order chi connectivity index (χ0) is 34.0. The zero-order valence-corrected chi connectivity index (χ0v) is 33.8. The average Bonchev–Trinajstić information content (AvgIpc) is 3.00. The van der Waals surface area contributed by atoms with E-state index in [4.69, 9.17) is 8.85 Å². The van der Waals surface area contributed by atoms with E-state index in [0.717, 1.165) is 6.61 Å². The maximum Gasteiger partial charge on any atom is 0.261 e. The van der Waals surface area contributed by atoms with Crippen LogP contribution in [0, 0.1) is 35.5 Å². The van der Waals surface area contributed by atoms with Crippen molar-refractivity contribution in [3.05, 3.63) is 72.3 Å². The fraction of sp³-hybridized carbons (Fsp3) is 0.667. The first kappa shape index (κ1) is 37.4. The number of allylic oxidation sites excluding steroid dienone is 2. The van der Waals surface area contributed by atoms with Gasteiger partial charge in [-0.15, -0.1) is 0 Å². The first-order valence-corrected chi connectivity index (χ1v) is 22.7. The highest BCUT2D eigenvalue weighted by Gasteiger charge is 2.56. The van der Waals surface area contributed by atoms with Gasteiger partial charge >= 0.3 is 0 Å². The summed E-state index contributed by atoms with van der Waals surface area (Å²) in [5.74, 6) is 3.48. The van der Waals surface area contributed by atoms with Crippen LogP contribution in [0.4, 0.5) is 0 Å². The van der Waals surface area contributed by atoms with Crippen molar-refractivity contribution in [2.24, 2.45) is 35.5 Å². The monoisotopic (exact) mass is 660 g/mol. The SMILES string of the molecule is CC=C(C)[C@H]1[C@@H](CO[Si](c2ccccc2)(c2ccccc2)C(C)(C)C)[C@H]2[C@@H](C[C@@H]1C)[C@@H](O[Si](C(C)C)(C(C)C)C(C)C)CC[C@@H]2C. The molecule has 0 spiro atoms. The van der Waals surface area contributed by atoms with Crippen molar-refractivity contribution in [1.29, 1.82) is 0 Å². The lowest BCUT2D eigenvalue weighted by molar-refractivity contribution is -0.0808. The van der Waals surface area contributed by atoms with Gasteiger partial charge in [0.1, 0.15) is 0 Å². The van der Waals surface area contributed by atoms with Crippen molar-refractivity contribution in [3.63, 3.8) is 0 Å². The summed E-state index contributed by atoms with van der Waals surface area (Å²) < 4.78 is 15.5. The van der Waals surface area contributed by atoms with Crippen LogP contribution in [0.5, 0.6) is 0 Å². The van der Waals surface area contributed by atoms with E-state index in [-0.39, 0.29) is 5.04 Å². The second kappa shape index (κ2) is 15.0. The van der Waals surface area contributed by atoms with Gasteiger partial charge < -0.3 is 8.85 Å². The molecule has 256 valence electrons. The van der Waals surface area contributed by atoms with Crippen LogP contribution >= 0.6 is 0 Å². The second-order valence-electron chi connectivity index (χ2n) is 17.2. The number of benzene rings is 2. The molecule has 7 atom stereocenters. The van der Waals surface area contributed by atoms with E-state index in [2.05, 4.69) is 157 Å². The van der Waals surface area contributed by atoms with E-state index in [0.29, 0.717) is 58.2 Å². The van der Waals surface area contributed by atoms with Gasteiger partial charge in [0.15, 0.2) is 0 Å². The molecule has 0 bridgehead atoms. The maximum atomic E-state index is 7.81. The Balaban J connectivity index is 1.82. The number of hydrogen-bond donors (Lipinski definition) is 0. The van der Waals surface area contributed by atoms with Crippen molar-refractivity contribution >= 4 is 27.0 Å². The van der Waals surface area contributed by atoms with Crippen molar-refractivity contribution < 1.29 is 8.85 Å². The van der Waals surface area contributed by atoms with Gasteiger partial charge in [0, 0.05) is 12.7 Å². The maximum absolute atomic E-state index is 7.81. The quantitative estimate of drug-likeness (QED) is 0.176. The zero-order valence-electron chi connectivity index (χ0n) is 31.8. The second-order valence-corrected chi connectivity index (χ2v) is 26.9. The van der Waals surface area contributed by atoms with Crippen molar-refractivity contribution in [2.75, 3.05) is 6.61 Å². The molecule has 2 aromatic carbocycles. The third kappa shape index (κ3) is 6.84. The van der Waals surface area contributed by atoms with Gasteiger partial charge in [-0.1, -0.05) is 148 Å². The topological polar surface area (TPSA) is 18.5 Å². The van der Waals surface area contributed by atoms with Gasteiger partial charge in [-0.2, -0.15) is 0 Å². The lowest BCUT2D eigenvalue weighted by atomic mass is 9.53. The predicted molar refractivity (Wildman–Crippen MR) is 205 cm³/mol. The van der Waals surface area contributed by atoms with Crippen LogP contribution in [0.25, 0.3) is 0 Å². The molecule has 2 fully saturated rings. The Bertz CT molecular complexity index is 1200. The minimum Gasteiger partial charge on any atom is -0.413 e. The van der Waals surface area contributed by atoms with Crippen LogP contribution in [-0.4, -0.2) is 29.3 Å². The van der Waals surface area contributed by atoms with E-state index >= 15 is 0 Å². The molecule has 0 aromatic heterocycles. The van der Waals surface area contributed by atoms with Crippen LogP contribution < -0.4 is 10.4 Å². The minimum atomic E-state index is -2.65. The third-order valence-electron chi connectivity index (χ3n) is 12.7. The molecule has 0 unspecified atom stereocenters. The Labute approximate surface area is 286 Å². The third-order valence-corrected chi connectivity index (χ3v) is 23.8. The predicted octanol–water partition coefficient (Wildman–Crippen LogP) is 11.0. The summed E-state index contributed by atoms with van der Waals surface area (Å²) in [6.07, 6.45) is 6.50. The van der Waals surface area contributed by atoms with Gasteiger partial charge in [0.2, 0.25) is 8.32 Å². The van der Waals surface area contributed by atoms with Crippen molar-refractivity contribution in [3.8, 4) is 0 Å². The lowest BCUT2D eigenvalue weighted by Gasteiger charge is -2.57. The van der Waals surface area contributed by atoms with Gasteiger partial charge in [0.25, 0.3) is 8.32 Å². The summed E-state index contributed by atoms with van der Waals surface area (Å²) in [4.78, 5) is 0. The van der Waals surface area contributed by atoms with E-state index in [1.807, 2.05) is 0 Å². The molecule has 0 saturated heterocycles. The van der Waals surface area contributed by atoms with Crippen LogP contribution in [0.3, 0.4) is 0 Å². The fourth-order valence-corrected chi connectivity index (χ4v) is 21.0. The highest BCUT2D eigenvalue weighted by atomic mass is 28.4. The summed E-state index contributed by atoms with van der Waals surface area (Å²) in [5, 5.41) is 2.74. The van der Waals surface area contributed by atoms with Crippen molar-refractivity contribution in [1.82, 2.24) is 0 Å². The van der Waals surface area contributed by atoms with Gasteiger partial charge in [-0.25, -0.2) is 0 Å². The van der Waals surface area contributed by atoms with Crippen LogP contribution in [0.2, 0.25) is 21.7 Å². The smallest absolute Gasteiger partial charge is 0.261 e. The average molecular weight is 661 g/mol. The Morgan fingerprint density at radius 3 is 1.74 bits per heavy atom. The summed E-state index contributed by atoms with van der Waals surface area (Å²) in [6.45, 7) is 32.5. The molecular weight excluding hydrogens is 593 g/mol. The standard InChI is InChI=1S/C42H68O2Si2/c1-14-32(8)40-34(10)27-37-39(44-45(29(2)3,30(4)5)31(6)7)26-25-33(9)41(37)38(40)28-43-46(42(11,12)13,35-21-17-15-18-22-35)36-23-19-16-20-24-36/h14-24,29-31,33-34,37-41H,25-28H2,1-13H3/t33-,34-,37-,38+,39-,40+,41+/m0/s1. The molecule has 2 aliphatic rings. The van der Waals surface area contributed by atoms with E-state index in [1.54, 1.807) is 5.57 Å². The molecule has 0 heterocycles. The molecule has 2 aliphatic carbocycles. The Morgan fingerprint density at radius 2 is 1.30 bits per heavy atom. The number of hydrogen-bond acceptors (Lipinski definition) is 2. The highest BCUT2D eigenvalue weighted by molar-refractivity contribution is 6.99.